The number of amides is 3. The summed E-state index contributed by atoms with van der Waals surface area (Å²) in [5, 5.41) is 5.62. The first kappa shape index (κ1) is 14.3. The quantitative estimate of drug-likeness (QED) is 0.772. The van der Waals surface area contributed by atoms with Crippen molar-refractivity contribution in [1.82, 2.24) is 5.32 Å². The average Bonchev–Trinajstić information content (AvgIpc) is 2.41. The van der Waals surface area contributed by atoms with Crippen molar-refractivity contribution in [3.63, 3.8) is 0 Å². The molecule has 1 aromatic rings. The molecule has 0 spiro atoms. The van der Waals surface area contributed by atoms with Crippen molar-refractivity contribution >= 4 is 35.0 Å². The number of nitrogens with two attached hydrogens (primary N) is 1. The molecule has 6 nitrogen and oxygen atoms in total. The smallest absolute Gasteiger partial charge is 0.248 e. The van der Waals surface area contributed by atoms with Gasteiger partial charge in [0, 0.05) is 18.5 Å². The largest absolute Gasteiger partial charge is 0.366 e. The highest BCUT2D eigenvalue weighted by atomic mass is 35.5. The summed E-state index contributed by atoms with van der Waals surface area (Å²) in [5.41, 5.74) is 5.78. The van der Waals surface area contributed by atoms with Gasteiger partial charge in [0.05, 0.1) is 16.6 Å². The number of primary amides is 1. The predicted molar refractivity (Wildman–Crippen MR) is 74.3 cm³/mol. The fourth-order valence-electron chi connectivity index (χ4n) is 1.97. The molecule has 1 heterocycles. The number of hydrogen-bond acceptors (Lipinski definition) is 3. The van der Waals surface area contributed by atoms with Gasteiger partial charge in [-0.2, -0.15) is 0 Å². The summed E-state index contributed by atoms with van der Waals surface area (Å²) in [7, 11) is 0. The Morgan fingerprint density at radius 2 is 2.15 bits per heavy atom. The highest BCUT2D eigenvalue weighted by Gasteiger charge is 2.25. The molecule has 1 atom stereocenters. The fourth-order valence-corrected chi connectivity index (χ4v) is 2.13. The van der Waals surface area contributed by atoms with E-state index in [-0.39, 0.29) is 23.3 Å². The van der Waals surface area contributed by atoms with Gasteiger partial charge < -0.3 is 16.4 Å². The Morgan fingerprint density at radius 3 is 2.75 bits per heavy atom. The molecule has 106 valence electrons. The number of rotatable bonds is 3. The zero-order valence-electron chi connectivity index (χ0n) is 10.6. The molecule has 0 aromatic heterocycles. The van der Waals surface area contributed by atoms with E-state index < -0.39 is 5.91 Å². The van der Waals surface area contributed by atoms with E-state index in [1.54, 1.807) is 0 Å². The van der Waals surface area contributed by atoms with Gasteiger partial charge in [0.2, 0.25) is 17.7 Å². The monoisotopic (exact) mass is 295 g/mol. The number of nitrogens with one attached hydrogen (secondary N) is 2. The van der Waals surface area contributed by atoms with Crippen LogP contribution >= 0.6 is 11.6 Å². The third-order valence-corrected chi connectivity index (χ3v) is 3.47. The number of carbonyl (C=O) groups excluding carboxylic acids is 3. The maximum absolute atomic E-state index is 12.1. The molecule has 0 saturated carbocycles. The molecule has 1 saturated heterocycles. The standard InChI is InChI=1S/C13H14ClN3O3/c14-9-3-1-7(12(15)19)5-10(9)17-13(20)8-2-4-11(18)16-6-8/h1,3,5,8H,2,4,6H2,(H2,15,19)(H,16,18)(H,17,20). The van der Waals surface area contributed by atoms with E-state index in [0.717, 1.165) is 0 Å². The number of piperidine rings is 1. The first-order chi connectivity index (χ1) is 9.47. The van der Waals surface area contributed by atoms with Crippen LogP contribution < -0.4 is 16.4 Å². The van der Waals surface area contributed by atoms with E-state index >= 15 is 0 Å². The highest BCUT2D eigenvalue weighted by Crippen LogP contribution is 2.24. The van der Waals surface area contributed by atoms with E-state index in [1.807, 2.05) is 0 Å². The Morgan fingerprint density at radius 1 is 1.40 bits per heavy atom. The zero-order chi connectivity index (χ0) is 14.7. The van der Waals surface area contributed by atoms with E-state index in [2.05, 4.69) is 10.6 Å². The van der Waals surface area contributed by atoms with Crippen LogP contribution in [0.15, 0.2) is 18.2 Å². The summed E-state index contributed by atoms with van der Waals surface area (Å²) in [5.74, 6) is -1.19. The number of halogens is 1. The van der Waals surface area contributed by atoms with Gasteiger partial charge in [-0.3, -0.25) is 14.4 Å². The van der Waals surface area contributed by atoms with Gasteiger partial charge >= 0.3 is 0 Å². The first-order valence-electron chi connectivity index (χ1n) is 6.14. The lowest BCUT2D eigenvalue weighted by atomic mass is 9.98. The molecule has 7 heteroatoms. The molecule has 1 aliphatic heterocycles. The SMILES string of the molecule is NC(=O)c1ccc(Cl)c(NC(=O)C2CCC(=O)NC2)c1. The summed E-state index contributed by atoms with van der Waals surface area (Å²) < 4.78 is 0. The number of benzene rings is 1. The van der Waals surface area contributed by atoms with Crippen LogP contribution in [0.4, 0.5) is 5.69 Å². The molecule has 20 heavy (non-hydrogen) atoms. The second-order valence-corrected chi connectivity index (χ2v) is 5.00. The second kappa shape index (κ2) is 5.92. The fraction of sp³-hybridized carbons (Fsp3) is 0.308. The van der Waals surface area contributed by atoms with Crippen molar-refractivity contribution < 1.29 is 14.4 Å². The zero-order valence-corrected chi connectivity index (χ0v) is 11.4. The lowest BCUT2D eigenvalue weighted by Crippen LogP contribution is -2.40. The van der Waals surface area contributed by atoms with Crippen LogP contribution in [-0.2, 0) is 9.59 Å². The van der Waals surface area contributed by atoms with Gasteiger partial charge in [0.15, 0.2) is 0 Å². The summed E-state index contributed by atoms with van der Waals surface area (Å²) in [4.78, 5) is 34.2. The normalized spacial score (nSPS) is 18.2. The van der Waals surface area contributed by atoms with Gasteiger partial charge in [0.25, 0.3) is 0 Å². The van der Waals surface area contributed by atoms with Gasteiger partial charge in [0.1, 0.15) is 0 Å². The molecular formula is C13H14ClN3O3. The van der Waals surface area contributed by atoms with Crippen molar-refractivity contribution in [1.29, 1.82) is 0 Å². The Hall–Kier alpha value is -2.08. The molecule has 1 aliphatic rings. The Bertz CT molecular complexity index is 564. The lowest BCUT2D eigenvalue weighted by molar-refractivity contribution is -0.126. The molecule has 2 rings (SSSR count). The third kappa shape index (κ3) is 3.27. The molecule has 1 aromatic carbocycles. The van der Waals surface area contributed by atoms with Crippen molar-refractivity contribution in [3.05, 3.63) is 28.8 Å². The van der Waals surface area contributed by atoms with E-state index in [9.17, 15) is 14.4 Å². The van der Waals surface area contributed by atoms with E-state index in [1.165, 1.54) is 18.2 Å². The van der Waals surface area contributed by atoms with Crippen LogP contribution in [0.1, 0.15) is 23.2 Å². The molecule has 3 amide bonds. The first-order valence-corrected chi connectivity index (χ1v) is 6.52. The van der Waals surface area contributed by atoms with Gasteiger partial charge in [-0.1, -0.05) is 11.6 Å². The Kier molecular flexibility index (Phi) is 4.24. The van der Waals surface area contributed by atoms with Gasteiger partial charge in [-0.05, 0) is 24.6 Å². The molecule has 0 aliphatic carbocycles. The molecule has 4 N–H and O–H groups in total. The topological polar surface area (TPSA) is 101 Å². The van der Waals surface area contributed by atoms with Crippen molar-refractivity contribution in [2.75, 3.05) is 11.9 Å². The van der Waals surface area contributed by atoms with Crippen LogP contribution in [0.3, 0.4) is 0 Å². The minimum atomic E-state index is -0.595. The Labute approximate surface area is 120 Å². The molecular weight excluding hydrogens is 282 g/mol. The molecule has 1 unspecified atom stereocenters. The summed E-state index contributed by atoms with van der Waals surface area (Å²) in [6.07, 6.45) is 0.817. The predicted octanol–water partition coefficient (Wildman–Crippen LogP) is 0.904. The van der Waals surface area contributed by atoms with Crippen LogP contribution in [0.25, 0.3) is 0 Å². The van der Waals surface area contributed by atoms with Gasteiger partial charge in [-0.25, -0.2) is 0 Å². The maximum atomic E-state index is 12.1. The van der Waals surface area contributed by atoms with Crippen molar-refractivity contribution in [3.8, 4) is 0 Å². The summed E-state index contributed by atoms with van der Waals surface area (Å²) >= 11 is 5.97. The highest BCUT2D eigenvalue weighted by molar-refractivity contribution is 6.33. The van der Waals surface area contributed by atoms with Crippen molar-refractivity contribution in [2.45, 2.75) is 12.8 Å². The number of anilines is 1. The number of hydrogen-bond donors (Lipinski definition) is 3. The second-order valence-electron chi connectivity index (χ2n) is 4.59. The summed E-state index contributed by atoms with van der Waals surface area (Å²) in [6, 6.07) is 4.42. The maximum Gasteiger partial charge on any atom is 0.248 e. The lowest BCUT2D eigenvalue weighted by Gasteiger charge is -2.21. The molecule has 0 radical (unpaired) electrons. The minimum Gasteiger partial charge on any atom is -0.366 e. The van der Waals surface area contributed by atoms with E-state index in [0.29, 0.717) is 30.1 Å². The third-order valence-electron chi connectivity index (χ3n) is 3.15. The van der Waals surface area contributed by atoms with Crippen LogP contribution in [0.5, 0.6) is 0 Å². The van der Waals surface area contributed by atoms with E-state index in [4.69, 9.17) is 17.3 Å². The van der Waals surface area contributed by atoms with Crippen LogP contribution in [-0.4, -0.2) is 24.3 Å². The number of carbonyl (C=O) groups is 3. The van der Waals surface area contributed by atoms with Crippen LogP contribution in [0, 0.1) is 5.92 Å². The van der Waals surface area contributed by atoms with Gasteiger partial charge in [-0.15, -0.1) is 0 Å². The van der Waals surface area contributed by atoms with Crippen LogP contribution in [0.2, 0.25) is 5.02 Å². The molecule has 0 bridgehead atoms. The Balaban J connectivity index is 2.09. The average molecular weight is 296 g/mol. The summed E-state index contributed by atoms with van der Waals surface area (Å²) in [6.45, 7) is 0.303. The van der Waals surface area contributed by atoms with Crippen molar-refractivity contribution in [2.24, 2.45) is 11.7 Å². The minimum absolute atomic E-state index is 0.0530. The molecule has 1 fully saturated rings.